The van der Waals surface area contributed by atoms with E-state index >= 15 is 0 Å². The van der Waals surface area contributed by atoms with E-state index in [1.165, 1.54) is 12.5 Å². The maximum Gasteiger partial charge on any atom is 0.258 e. The Balaban J connectivity index is 1.23. The maximum absolute atomic E-state index is 13.2. The van der Waals surface area contributed by atoms with Crippen molar-refractivity contribution in [1.29, 1.82) is 0 Å². The lowest BCUT2D eigenvalue weighted by Crippen LogP contribution is -2.51. The molecule has 1 aromatic heterocycles. The van der Waals surface area contributed by atoms with Crippen LogP contribution >= 0.6 is 0 Å². The molecule has 136 valence electrons. The summed E-state index contributed by atoms with van der Waals surface area (Å²) in [4.78, 5) is 26.0. The molecule has 1 unspecified atom stereocenters. The van der Waals surface area contributed by atoms with Gasteiger partial charge < -0.3 is 19.5 Å². The number of amides is 2. The summed E-state index contributed by atoms with van der Waals surface area (Å²) in [5.41, 5.74) is -0.534. The molecule has 2 saturated carbocycles. The monoisotopic (exact) mass is 355 g/mol. The first-order chi connectivity index (χ1) is 11.9. The number of rotatable bonds is 4. The zero-order valence-corrected chi connectivity index (χ0v) is 13.5. The van der Waals surface area contributed by atoms with Crippen LogP contribution in [0.3, 0.4) is 0 Å². The van der Waals surface area contributed by atoms with E-state index in [2.05, 4.69) is 15.0 Å². The molecular weight excluding hydrogens is 336 g/mol. The molecule has 3 aliphatic rings. The van der Waals surface area contributed by atoms with Crippen molar-refractivity contribution in [2.24, 2.45) is 11.3 Å². The fraction of sp³-hybridized carbons (Fsp3) is 0.688. The highest BCUT2D eigenvalue weighted by Gasteiger charge is 2.76. The van der Waals surface area contributed by atoms with Crippen molar-refractivity contribution in [3.8, 4) is 0 Å². The lowest BCUT2D eigenvalue weighted by molar-refractivity contribution is -0.133. The van der Waals surface area contributed by atoms with Crippen LogP contribution in [-0.2, 0) is 9.53 Å². The van der Waals surface area contributed by atoms with E-state index in [1.807, 2.05) is 0 Å². The van der Waals surface area contributed by atoms with Crippen LogP contribution in [0, 0.1) is 11.3 Å². The first-order valence-electron chi connectivity index (χ1n) is 8.36. The fourth-order valence-corrected chi connectivity index (χ4v) is 3.77. The van der Waals surface area contributed by atoms with Crippen molar-refractivity contribution in [2.45, 2.75) is 31.3 Å². The van der Waals surface area contributed by atoms with Crippen LogP contribution in [0.15, 0.2) is 17.0 Å². The molecule has 0 radical (unpaired) electrons. The lowest BCUT2D eigenvalue weighted by atomic mass is 9.71. The molecule has 0 aromatic carbocycles. The second-order valence-corrected chi connectivity index (χ2v) is 7.17. The summed E-state index contributed by atoms with van der Waals surface area (Å²) in [5.74, 6) is -3.33. The lowest BCUT2D eigenvalue weighted by Gasteiger charge is -2.36. The molecule has 1 N–H and O–H groups in total. The Morgan fingerprint density at radius 2 is 2.16 bits per heavy atom. The van der Waals surface area contributed by atoms with E-state index in [0.29, 0.717) is 25.3 Å². The van der Waals surface area contributed by atoms with Crippen molar-refractivity contribution in [3.63, 3.8) is 0 Å². The van der Waals surface area contributed by atoms with E-state index in [-0.39, 0.29) is 49.6 Å². The molecule has 0 bridgehead atoms. The first-order valence-corrected chi connectivity index (χ1v) is 8.36. The molecule has 1 aromatic rings. The number of ether oxygens (including phenoxy) is 1. The van der Waals surface area contributed by atoms with Crippen molar-refractivity contribution in [1.82, 2.24) is 15.4 Å². The number of morpholine rings is 1. The van der Waals surface area contributed by atoms with Gasteiger partial charge in [-0.25, -0.2) is 8.78 Å². The van der Waals surface area contributed by atoms with Gasteiger partial charge >= 0.3 is 0 Å². The van der Waals surface area contributed by atoms with Gasteiger partial charge in [-0.15, -0.1) is 0 Å². The summed E-state index contributed by atoms with van der Waals surface area (Å²) in [7, 11) is 0. The minimum absolute atomic E-state index is 0.0878. The predicted molar refractivity (Wildman–Crippen MR) is 79.9 cm³/mol. The van der Waals surface area contributed by atoms with E-state index in [0.717, 1.165) is 0 Å². The number of halogens is 2. The van der Waals surface area contributed by atoms with Crippen molar-refractivity contribution in [3.05, 3.63) is 18.0 Å². The normalized spacial score (nSPS) is 33.0. The number of nitrogens with one attached hydrogen (secondary N) is 1. The van der Waals surface area contributed by atoms with Gasteiger partial charge in [0.05, 0.1) is 24.5 Å². The molecule has 3 fully saturated rings. The summed E-state index contributed by atoms with van der Waals surface area (Å²) in [6.07, 6.45) is 2.75. The largest absolute Gasteiger partial charge is 0.373 e. The van der Waals surface area contributed by atoms with E-state index in [1.54, 1.807) is 4.90 Å². The summed E-state index contributed by atoms with van der Waals surface area (Å²) in [6, 6.07) is 0. The molecule has 2 heterocycles. The Kier molecular flexibility index (Phi) is 3.78. The average Bonchev–Trinajstić information content (AvgIpc) is 2.92. The number of alkyl halides is 2. The van der Waals surface area contributed by atoms with Gasteiger partial charge in [-0.05, 0) is 12.8 Å². The molecule has 4 rings (SSSR count). The Bertz CT molecular complexity index is 673. The fourth-order valence-electron chi connectivity index (χ4n) is 3.77. The third-order valence-electron chi connectivity index (χ3n) is 5.47. The quantitative estimate of drug-likeness (QED) is 0.873. The van der Waals surface area contributed by atoms with Crippen molar-refractivity contribution < 1.29 is 27.6 Å². The van der Waals surface area contributed by atoms with Crippen LogP contribution < -0.4 is 5.32 Å². The third kappa shape index (κ3) is 2.90. The number of hydrogen-bond donors (Lipinski definition) is 1. The zero-order valence-electron chi connectivity index (χ0n) is 13.5. The molecule has 1 atom stereocenters. The Morgan fingerprint density at radius 3 is 2.80 bits per heavy atom. The van der Waals surface area contributed by atoms with E-state index < -0.39 is 11.3 Å². The van der Waals surface area contributed by atoms with Gasteiger partial charge in [-0.3, -0.25) is 9.59 Å². The van der Waals surface area contributed by atoms with Crippen molar-refractivity contribution in [2.75, 3.05) is 26.2 Å². The molecule has 2 amide bonds. The Hall–Kier alpha value is -2.03. The van der Waals surface area contributed by atoms with Crippen LogP contribution in [0.4, 0.5) is 8.78 Å². The maximum atomic E-state index is 13.2. The number of hydrogen-bond acceptors (Lipinski definition) is 5. The third-order valence-corrected chi connectivity index (χ3v) is 5.47. The van der Waals surface area contributed by atoms with Gasteiger partial charge in [0.1, 0.15) is 6.26 Å². The van der Waals surface area contributed by atoms with Crippen LogP contribution in [-0.4, -0.2) is 60.1 Å². The van der Waals surface area contributed by atoms with Gasteiger partial charge in [-0.2, -0.15) is 0 Å². The van der Waals surface area contributed by atoms with Crippen molar-refractivity contribution >= 4 is 11.8 Å². The summed E-state index contributed by atoms with van der Waals surface area (Å²) < 4.78 is 36.6. The first kappa shape index (κ1) is 16.4. The van der Waals surface area contributed by atoms with Gasteiger partial charge in [0.15, 0.2) is 0 Å². The molecular formula is C16H19F2N3O4. The van der Waals surface area contributed by atoms with Crippen LogP contribution in [0.5, 0.6) is 0 Å². The van der Waals surface area contributed by atoms with Gasteiger partial charge in [0, 0.05) is 37.4 Å². The molecule has 1 aliphatic heterocycles. The molecule has 2 aliphatic carbocycles. The van der Waals surface area contributed by atoms with Crippen LogP contribution in [0.1, 0.15) is 29.6 Å². The smallest absolute Gasteiger partial charge is 0.258 e. The van der Waals surface area contributed by atoms with Gasteiger partial charge in [-0.1, -0.05) is 5.16 Å². The summed E-state index contributed by atoms with van der Waals surface area (Å²) in [6.45, 7) is 1.42. The molecule has 25 heavy (non-hydrogen) atoms. The molecule has 1 spiro atoms. The van der Waals surface area contributed by atoms with Crippen LogP contribution in [0.2, 0.25) is 0 Å². The number of nitrogens with zero attached hydrogens (tertiary/aromatic N) is 2. The second-order valence-electron chi connectivity index (χ2n) is 7.17. The van der Waals surface area contributed by atoms with E-state index in [4.69, 9.17) is 4.74 Å². The van der Waals surface area contributed by atoms with E-state index in [9.17, 15) is 18.4 Å². The second kappa shape index (κ2) is 5.76. The molecule has 9 heteroatoms. The minimum atomic E-state index is -2.58. The zero-order chi connectivity index (χ0) is 17.7. The summed E-state index contributed by atoms with van der Waals surface area (Å²) in [5, 5.41) is 6.28. The topological polar surface area (TPSA) is 84.7 Å². The number of carbonyl (C=O) groups is 2. The highest BCUT2D eigenvalue weighted by molar-refractivity contribution is 5.93. The average molecular weight is 355 g/mol. The summed E-state index contributed by atoms with van der Waals surface area (Å²) >= 11 is 0. The van der Waals surface area contributed by atoms with Crippen LogP contribution in [0.25, 0.3) is 0 Å². The predicted octanol–water partition coefficient (Wildman–Crippen LogP) is 1.07. The number of aromatic nitrogens is 1. The minimum Gasteiger partial charge on any atom is -0.373 e. The Labute approximate surface area is 142 Å². The van der Waals surface area contributed by atoms with Gasteiger partial charge in [0.2, 0.25) is 5.91 Å². The SMILES string of the molecule is O=C(NCC1CN(C(=O)c2cnoc2)CCO1)C1CC2(C1)CC2(F)F. The Morgan fingerprint density at radius 1 is 1.40 bits per heavy atom. The number of carbonyl (C=O) groups excluding carboxylic acids is 2. The standard InChI is InChI=1S/C16H19F2N3O4/c17-16(18)9-15(16)3-10(4-15)13(22)19-6-12-7-21(1-2-24-12)14(23)11-5-20-25-8-11/h5,8,10,12H,1-4,6-7,9H2,(H,19,22). The van der Waals surface area contributed by atoms with Gasteiger partial charge in [0.25, 0.3) is 11.8 Å². The highest BCUT2D eigenvalue weighted by Crippen LogP contribution is 2.72. The molecule has 1 saturated heterocycles. The highest BCUT2D eigenvalue weighted by atomic mass is 19.3. The molecule has 7 nitrogen and oxygen atoms in total.